The van der Waals surface area contributed by atoms with Gasteiger partial charge in [-0.2, -0.15) is 0 Å². The standard InChI is InChI=1S/C18H23N3O.C17H14N2O2.C8H16/c1-14-7-6-8-15(11-14)17-12-21(13-19-17)18(22)20(2)16-9-4-3-5-10-16;1-13-6-5-7-14(10-13)16-11-19(12-18-16)17(20)21-15-8-3-2-4-9-15;1-2-8-6-4-3-5-7-8/h6-8,11-13,16H,3-5,9-10H2,1-2H3;2-12H,1H3;8H,2-7H2,1H3. The number of benzene rings is 3. The van der Waals surface area contributed by atoms with Gasteiger partial charge in [-0.1, -0.05) is 130 Å². The van der Waals surface area contributed by atoms with Gasteiger partial charge in [-0.15, -0.1) is 0 Å². The summed E-state index contributed by atoms with van der Waals surface area (Å²) < 4.78 is 8.20. The number of ether oxygens (including phenoxy) is 1. The Hall–Kier alpha value is -4.98. The van der Waals surface area contributed by atoms with Gasteiger partial charge in [0, 0.05) is 36.6 Å². The van der Waals surface area contributed by atoms with Crippen molar-refractivity contribution in [2.24, 2.45) is 5.92 Å². The molecule has 0 unspecified atom stereocenters. The zero-order valence-corrected chi connectivity index (χ0v) is 30.7. The predicted molar refractivity (Wildman–Crippen MR) is 205 cm³/mol. The van der Waals surface area contributed by atoms with Crippen molar-refractivity contribution in [1.82, 2.24) is 24.0 Å². The first kappa shape index (κ1) is 37.3. The van der Waals surface area contributed by atoms with Crippen molar-refractivity contribution in [3.63, 3.8) is 0 Å². The summed E-state index contributed by atoms with van der Waals surface area (Å²) >= 11 is 0. The number of hydrogen-bond donors (Lipinski definition) is 0. The van der Waals surface area contributed by atoms with E-state index in [4.69, 9.17) is 4.74 Å². The minimum absolute atomic E-state index is 0.0123. The normalized spacial score (nSPS) is 14.7. The highest BCUT2D eigenvalue weighted by Gasteiger charge is 2.23. The maximum Gasteiger partial charge on any atom is 0.424 e. The lowest BCUT2D eigenvalue weighted by molar-refractivity contribution is 0.175. The van der Waals surface area contributed by atoms with E-state index in [1.807, 2.05) is 79.7 Å². The van der Waals surface area contributed by atoms with Crippen LogP contribution in [0.1, 0.15) is 88.7 Å². The van der Waals surface area contributed by atoms with Crippen LogP contribution in [0.4, 0.5) is 9.59 Å². The lowest BCUT2D eigenvalue weighted by atomic mass is 9.88. The van der Waals surface area contributed by atoms with E-state index < -0.39 is 6.09 Å². The third-order valence-corrected chi connectivity index (χ3v) is 9.90. The maximum atomic E-state index is 12.6. The lowest BCUT2D eigenvalue weighted by Gasteiger charge is -2.31. The summed E-state index contributed by atoms with van der Waals surface area (Å²) in [4.78, 5) is 35.2. The molecule has 2 aromatic heterocycles. The smallest absolute Gasteiger partial charge is 0.410 e. The molecule has 0 spiro atoms. The van der Waals surface area contributed by atoms with E-state index in [1.165, 1.54) is 74.2 Å². The summed E-state index contributed by atoms with van der Waals surface area (Å²) in [6.45, 7) is 6.39. The zero-order chi connectivity index (χ0) is 36.0. The lowest BCUT2D eigenvalue weighted by Crippen LogP contribution is -2.40. The van der Waals surface area contributed by atoms with Crippen molar-refractivity contribution >= 4 is 12.1 Å². The fraction of sp³-hybridized carbons (Fsp3) is 0.395. The van der Waals surface area contributed by atoms with Gasteiger partial charge in [0.2, 0.25) is 0 Å². The van der Waals surface area contributed by atoms with Crippen LogP contribution in [0.15, 0.2) is 104 Å². The minimum atomic E-state index is -0.479. The van der Waals surface area contributed by atoms with E-state index in [0.29, 0.717) is 11.8 Å². The predicted octanol–water partition coefficient (Wildman–Crippen LogP) is 11.0. The summed E-state index contributed by atoms with van der Waals surface area (Å²) in [7, 11) is 1.91. The molecular formula is C43H53N5O3. The molecule has 0 radical (unpaired) electrons. The highest BCUT2D eigenvalue weighted by Crippen LogP contribution is 2.26. The van der Waals surface area contributed by atoms with Crippen molar-refractivity contribution < 1.29 is 14.3 Å². The van der Waals surface area contributed by atoms with Gasteiger partial charge in [-0.05, 0) is 56.9 Å². The molecule has 8 nitrogen and oxygen atoms in total. The van der Waals surface area contributed by atoms with E-state index in [0.717, 1.165) is 46.8 Å². The molecule has 2 fully saturated rings. The first-order chi connectivity index (χ1) is 24.8. The van der Waals surface area contributed by atoms with Crippen LogP contribution in [0.25, 0.3) is 22.5 Å². The summed E-state index contributed by atoms with van der Waals surface area (Å²) in [5.41, 5.74) is 5.94. The van der Waals surface area contributed by atoms with Crippen molar-refractivity contribution in [2.45, 2.75) is 97.4 Å². The van der Waals surface area contributed by atoms with Crippen LogP contribution in [0.2, 0.25) is 0 Å². The van der Waals surface area contributed by atoms with Crippen molar-refractivity contribution in [3.05, 3.63) is 115 Å². The van der Waals surface area contributed by atoms with Gasteiger partial charge in [0.25, 0.3) is 0 Å². The van der Waals surface area contributed by atoms with Crippen LogP contribution in [0.3, 0.4) is 0 Å². The molecule has 3 aromatic carbocycles. The second-order valence-electron chi connectivity index (χ2n) is 13.8. The number of amides is 1. The van der Waals surface area contributed by atoms with Crippen LogP contribution in [0, 0.1) is 19.8 Å². The molecule has 0 N–H and O–H groups in total. The number of carbonyl (C=O) groups excluding carboxylic acids is 2. The molecule has 2 heterocycles. The second kappa shape index (κ2) is 18.9. The second-order valence-corrected chi connectivity index (χ2v) is 13.8. The van der Waals surface area contributed by atoms with Crippen LogP contribution < -0.4 is 4.74 Å². The Balaban J connectivity index is 0.000000163. The Morgan fingerprint density at radius 2 is 1.24 bits per heavy atom. The van der Waals surface area contributed by atoms with Gasteiger partial charge in [0.15, 0.2) is 0 Å². The average Bonchev–Trinajstić information content (AvgIpc) is 3.88. The van der Waals surface area contributed by atoms with Crippen LogP contribution in [-0.2, 0) is 0 Å². The highest BCUT2D eigenvalue weighted by atomic mass is 16.6. The van der Waals surface area contributed by atoms with E-state index in [-0.39, 0.29) is 6.03 Å². The molecule has 8 heteroatoms. The van der Waals surface area contributed by atoms with Crippen molar-refractivity contribution in [3.8, 4) is 28.3 Å². The van der Waals surface area contributed by atoms with Crippen molar-refractivity contribution in [1.29, 1.82) is 0 Å². The summed E-state index contributed by atoms with van der Waals surface area (Å²) in [5, 5.41) is 0. The fourth-order valence-corrected chi connectivity index (χ4v) is 6.80. The van der Waals surface area contributed by atoms with Crippen molar-refractivity contribution in [2.75, 3.05) is 7.05 Å². The number of hydrogen-bond acceptors (Lipinski definition) is 5. The third-order valence-electron chi connectivity index (χ3n) is 9.90. The van der Waals surface area contributed by atoms with Gasteiger partial charge >= 0.3 is 12.1 Å². The summed E-state index contributed by atoms with van der Waals surface area (Å²) in [5.74, 6) is 1.59. The fourth-order valence-electron chi connectivity index (χ4n) is 6.80. The third kappa shape index (κ3) is 11.0. The molecule has 2 aliphatic rings. The molecule has 7 rings (SSSR count). The molecule has 2 saturated carbocycles. The number of carbonyl (C=O) groups is 2. The molecule has 0 bridgehead atoms. The maximum absolute atomic E-state index is 12.6. The molecule has 0 atom stereocenters. The van der Waals surface area contributed by atoms with E-state index in [9.17, 15) is 9.59 Å². The Morgan fingerprint density at radius 3 is 1.76 bits per heavy atom. The molecule has 1 amide bonds. The zero-order valence-electron chi connectivity index (χ0n) is 30.7. The van der Waals surface area contributed by atoms with Gasteiger partial charge in [0.05, 0.1) is 11.4 Å². The van der Waals surface area contributed by atoms with E-state index in [1.54, 1.807) is 29.2 Å². The first-order valence-electron chi connectivity index (χ1n) is 18.6. The SMILES string of the molecule is CCC1CCCCC1.Cc1cccc(-c2cn(C(=O)N(C)C3CCCCC3)cn2)c1.Cc1cccc(-c2cn(C(=O)Oc3ccccc3)cn2)c1. The minimum Gasteiger partial charge on any atom is -0.410 e. The number of rotatable bonds is 5. The average molecular weight is 688 g/mol. The Morgan fingerprint density at radius 1 is 0.706 bits per heavy atom. The molecule has 268 valence electrons. The number of para-hydroxylation sites is 1. The quantitative estimate of drug-likeness (QED) is 0.184. The van der Waals surface area contributed by atoms with Crippen LogP contribution in [0.5, 0.6) is 5.75 Å². The van der Waals surface area contributed by atoms with Gasteiger partial charge in [0.1, 0.15) is 18.4 Å². The van der Waals surface area contributed by atoms with Crippen LogP contribution in [-0.4, -0.2) is 49.2 Å². The van der Waals surface area contributed by atoms with Crippen LogP contribution >= 0.6 is 0 Å². The molecule has 2 aliphatic carbocycles. The molecule has 5 aromatic rings. The number of imidazole rings is 2. The Kier molecular flexibility index (Phi) is 13.8. The molecule has 0 aliphatic heterocycles. The highest BCUT2D eigenvalue weighted by molar-refractivity contribution is 5.78. The Bertz CT molecular complexity index is 1820. The molecule has 0 saturated heterocycles. The number of aryl methyl sites for hydroxylation is 2. The van der Waals surface area contributed by atoms with E-state index in [2.05, 4.69) is 35.9 Å². The number of nitrogens with zero attached hydrogens (tertiary/aromatic N) is 5. The largest absolute Gasteiger partial charge is 0.424 e. The van der Waals surface area contributed by atoms with Gasteiger partial charge in [-0.25, -0.2) is 24.1 Å². The van der Waals surface area contributed by atoms with Gasteiger partial charge in [-0.3, -0.25) is 4.57 Å². The van der Waals surface area contributed by atoms with E-state index >= 15 is 0 Å². The molecular weight excluding hydrogens is 635 g/mol. The molecule has 51 heavy (non-hydrogen) atoms. The topological polar surface area (TPSA) is 82.2 Å². The number of aromatic nitrogens is 4. The monoisotopic (exact) mass is 687 g/mol. The summed E-state index contributed by atoms with van der Waals surface area (Å²) in [6.07, 6.45) is 21.0. The summed E-state index contributed by atoms with van der Waals surface area (Å²) in [6, 6.07) is 25.5. The first-order valence-corrected chi connectivity index (χ1v) is 18.6. The Labute approximate surface area is 303 Å². The van der Waals surface area contributed by atoms with Gasteiger partial charge < -0.3 is 9.64 Å².